The van der Waals surface area contributed by atoms with Gasteiger partial charge in [0.25, 0.3) is 0 Å². The summed E-state index contributed by atoms with van der Waals surface area (Å²) < 4.78 is 0. The number of thioether (sulfide) groups is 1. The lowest BCUT2D eigenvalue weighted by Gasteiger charge is -2.09. The van der Waals surface area contributed by atoms with E-state index in [9.17, 15) is 9.59 Å². The molecule has 104 valence electrons. The highest BCUT2D eigenvalue weighted by molar-refractivity contribution is 8.01. The topological polar surface area (TPSA) is 66.4 Å². The van der Waals surface area contributed by atoms with Crippen LogP contribution < -0.4 is 5.32 Å². The molecule has 1 aromatic carbocycles. The smallest absolute Gasteiger partial charge is 0.316 e. The molecule has 0 heterocycles. The number of carboxylic acid groups (broad SMARTS) is 1. The number of hydrogen-bond donors (Lipinski definition) is 2. The molecule has 0 saturated carbocycles. The first-order valence-electron chi connectivity index (χ1n) is 5.88. The van der Waals surface area contributed by atoms with Crippen molar-refractivity contribution in [1.29, 1.82) is 0 Å². The van der Waals surface area contributed by atoms with Crippen LogP contribution in [0.5, 0.6) is 0 Å². The third kappa shape index (κ3) is 5.98. The van der Waals surface area contributed by atoms with E-state index in [-0.39, 0.29) is 11.7 Å². The van der Waals surface area contributed by atoms with Crippen molar-refractivity contribution in [3.8, 4) is 0 Å². The van der Waals surface area contributed by atoms with Crippen molar-refractivity contribution in [1.82, 2.24) is 5.32 Å². The molecule has 2 N–H and O–H groups in total. The van der Waals surface area contributed by atoms with Gasteiger partial charge in [0.05, 0.1) is 5.75 Å². The molecule has 6 heteroatoms. The molecule has 1 amide bonds. The van der Waals surface area contributed by atoms with Gasteiger partial charge in [-0.05, 0) is 24.1 Å². The van der Waals surface area contributed by atoms with Crippen LogP contribution in [0.4, 0.5) is 0 Å². The van der Waals surface area contributed by atoms with Gasteiger partial charge in [-0.3, -0.25) is 9.59 Å². The normalized spacial score (nSPS) is 11.9. The fourth-order valence-electron chi connectivity index (χ4n) is 1.39. The molecule has 0 bridgehead atoms. The van der Waals surface area contributed by atoms with E-state index in [4.69, 9.17) is 16.7 Å². The Bertz CT molecular complexity index is 436. The van der Waals surface area contributed by atoms with Gasteiger partial charge in [-0.1, -0.05) is 30.7 Å². The van der Waals surface area contributed by atoms with Gasteiger partial charge in [0.2, 0.25) is 5.91 Å². The van der Waals surface area contributed by atoms with Crippen LogP contribution in [-0.2, 0) is 16.1 Å². The summed E-state index contributed by atoms with van der Waals surface area (Å²) in [7, 11) is 0. The second kappa shape index (κ2) is 8.07. The van der Waals surface area contributed by atoms with Crippen LogP contribution in [0.3, 0.4) is 0 Å². The van der Waals surface area contributed by atoms with Crippen LogP contribution in [0.25, 0.3) is 0 Å². The Labute approximate surface area is 121 Å². The van der Waals surface area contributed by atoms with Crippen molar-refractivity contribution in [3.63, 3.8) is 0 Å². The maximum absolute atomic E-state index is 11.6. The van der Waals surface area contributed by atoms with Crippen LogP contribution in [0.15, 0.2) is 24.3 Å². The maximum atomic E-state index is 11.6. The van der Waals surface area contributed by atoms with E-state index in [0.717, 1.165) is 17.3 Å². The number of benzene rings is 1. The van der Waals surface area contributed by atoms with Crippen molar-refractivity contribution in [2.75, 3.05) is 5.75 Å². The summed E-state index contributed by atoms with van der Waals surface area (Å²) in [6.07, 6.45) is 0.504. The Morgan fingerprint density at radius 1 is 1.37 bits per heavy atom. The fraction of sp³-hybridized carbons (Fsp3) is 0.385. The number of nitrogens with one attached hydrogen (secondary N) is 1. The molecule has 0 aliphatic heterocycles. The summed E-state index contributed by atoms with van der Waals surface area (Å²) in [5.41, 5.74) is 0.952. The fourth-order valence-corrected chi connectivity index (χ4v) is 2.35. The molecule has 1 rings (SSSR count). The predicted molar refractivity (Wildman–Crippen MR) is 77.5 cm³/mol. The van der Waals surface area contributed by atoms with E-state index in [1.807, 2.05) is 12.1 Å². The average Bonchev–Trinajstić information content (AvgIpc) is 2.38. The van der Waals surface area contributed by atoms with E-state index in [1.54, 1.807) is 19.1 Å². The lowest BCUT2D eigenvalue weighted by atomic mass is 10.2. The zero-order chi connectivity index (χ0) is 14.3. The quantitative estimate of drug-likeness (QED) is 0.812. The van der Waals surface area contributed by atoms with E-state index in [0.29, 0.717) is 18.0 Å². The van der Waals surface area contributed by atoms with Crippen molar-refractivity contribution in [2.24, 2.45) is 0 Å². The minimum absolute atomic E-state index is 0.151. The minimum Gasteiger partial charge on any atom is -0.480 e. The Kier molecular flexibility index (Phi) is 6.73. The summed E-state index contributed by atoms with van der Waals surface area (Å²) >= 11 is 6.90. The second-order valence-electron chi connectivity index (χ2n) is 3.95. The van der Waals surface area contributed by atoms with Crippen LogP contribution in [0, 0.1) is 0 Å². The average molecular weight is 302 g/mol. The first-order valence-corrected chi connectivity index (χ1v) is 7.31. The SMILES string of the molecule is CCC(SCC(=O)NCc1ccc(Cl)cc1)C(=O)O. The standard InChI is InChI=1S/C13H16ClNO3S/c1-2-11(13(17)18)19-8-12(16)15-7-9-3-5-10(14)6-4-9/h3-6,11H,2,7-8H2,1H3,(H,15,16)(H,17,18). The second-order valence-corrected chi connectivity index (χ2v) is 5.58. The van der Waals surface area contributed by atoms with Gasteiger partial charge in [-0.15, -0.1) is 11.8 Å². The highest BCUT2D eigenvalue weighted by Crippen LogP contribution is 2.14. The zero-order valence-corrected chi connectivity index (χ0v) is 12.1. The number of carbonyl (C=O) groups is 2. The Morgan fingerprint density at radius 2 is 2.00 bits per heavy atom. The molecule has 4 nitrogen and oxygen atoms in total. The third-order valence-electron chi connectivity index (χ3n) is 2.46. The molecule has 1 unspecified atom stereocenters. The van der Waals surface area contributed by atoms with Crippen LogP contribution in [0.2, 0.25) is 5.02 Å². The van der Waals surface area contributed by atoms with Crippen LogP contribution in [-0.4, -0.2) is 28.0 Å². The van der Waals surface area contributed by atoms with Crippen LogP contribution >= 0.6 is 23.4 Å². The summed E-state index contributed by atoms with van der Waals surface area (Å²) in [5, 5.41) is 11.7. The molecule has 0 spiro atoms. The molecule has 0 aromatic heterocycles. The van der Waals surface area contributed by atoms with Crippen molar-refractivity contribution in [2.45, 2.75) is 25.1 Å². The molecule has 1 atom stereocenters. The Hall–Kier alpha value is -1.20. The molecule has 0 aliphatic carbocycles. The molecule has 0 radical (unpaired) electrons. The highest BCUT2D eigenvalue weighted by atomic mass is 35.5. The lowest BCUT2D eigenvalue weighted by molar-refractivity contribution is -0.136. The predicted octanol–water partition coefficient (Wildman–Crippen LogP) is 2.55. The van der Waals surface area contributed by atoms with E-state index in [2.05, 4.69) is 5.32 Å². The summed E-state index contributed by atoms with van der Waals surface area (Å²) in [6, 6.07) is 7.19. The summed E-state index contributed by atoms with van der Waals surface area (Å²) in [5.74, 6) is -0.893. The van der Waals surface area contributed by atoms with Gasteiger partial charge in [0, 0.05) is 11.6 Å². The number of aliphatic carboxylic acids is 1. The molecule has 1 aromatic rings. The molecule has 0 saturated heterocycles. The van der Waals surface area contributed by atoms with Gasteiger partial charge < -0.3 is 10.4 Å². The van der Waals surface area contributed by atoms with Gasteiger partial charge in [-0.2, -0.15) is 0 Å². The molecular weight excluding hydrogens is 286 g/mol. The van der Waals surface area contributed by atoms with Crippen molar-refractivity contribution < 1.29 is 14.7 Å². The largest absolute Gasteiger partial charge is 0.480 e. The summed E-state index contributed by atoms with van der Waals surface area (Å²) in [4.78, 5) is 22.4. The van der Waals surface area contributed by atoms with Gasteiger partial charge >= 0.3 is 5.97 Å². The Balaban J connectivity index is 2.31. The van der Waals surface area contributed by atoms with Crippen molar-refractivity contribution >= 4 is 35.2 Å². The molecule has 0 aliphatic rings. The zero-order valence-electron chi connectivity index (χ0n) is 10.6. The molecule has 19 heavy (non-hydrogen) atoms. The first kappa shape index (κ1) is 15.9. The van der Waals surface area contributed by atoms with Crippen molar-refractivity contribution in [3.05, 3.63) is 34.9 Å². The van der Waals surface area contributed by atoms with Gasteiger partial charge in [0.1, 0.15) is 5.25 Å². The third-order valence-corrected chi connectivity index (χ3v) is 4.08. The van der Waals surface area contributed by atoms with E-state index < -0.39 is 11.2 Å². The number of carbonyl (C=O) groups excluding carboxylic acids is 1. The molecular formula is C13H16ClNO3S. The first-order chi connectivity index (χ1) is 9.02. The number of halogens is 1. The van der Waals surface area contributed by atoms with Gasteiger partial charge in [-0.25, -0.2) is 0 Å². The maximum Gasteiger partial charge on any atom is 0.316 e. The monoisotopic (exact) mass is 301 g/mol. The van der Waals surface area contributed by atoms with E-state index >= 15 is 0 Å². The van der Waals surface area contributed by atoms with Crippen LogP contribution in [0.1, 0.15) is 18.9 Å². The summed E-state index contributed by atoms with van der Waals surface area (Å²) in [6.45, 7) is 2.21. The highest BCUT2D eigenvalue weighted by Gasteiger charge is 2.16. The number of amides is 1. The number of rotatable bonds is 7. The van der Waals surface area contributed by atoms with E-state index in [1.165, 1.54) is 0 Å². The number of hydrogen-bond acceptors (Lipinski definition) is 3. The minimum atomic E-state index is -0.877. The van der Waals surface area contributed by atoms with Gasteiger partial charge in [0.15, 0.2) is 0 Å². The lowest BCUT2D eigenvalue weighted by Crippen LogP contribution is -2.27. The molecule has 0 fully saturated rings. The number of carboxylic acids is 1. The Morgan fingerprint density at radius 3 is 2.53 bits per heavy atom.